The van der Waals surface area contributed by atoms with Crippen LogP contribution in [0.2, 0.25) is 0 Å². The molecule has 30 heavy (non-hydrogen) atoms. The van der Waals surface area contributed by atoms with E-state index in [0.717, 1.165) is 15.9 Å². The first-order chi connectivity index (χ1) is 14.4. The van der Waals surface area contributed by atoms with Gasteiger partial charge < -0.3 is 9.64 Å². The van der Waals surface area contributed by atoms with Crippen LogP contribution in [0, 0.1) is 28.8 Å². The van der Waals surface area contributed by atoms with Crippen molar-refractivity contribution < 1.29 is 27.5 Å². The third-order valence-corrected chi connectivity index (χ3v) is 4.65. The Morgan fingerprint density at radius 2 is 2.07 bits per heavy atom. The van der Waals surface area contributed by atoms with Crippen molar-refractivity contribution in [2.75, 3.05) is 22.9 Å². The van der Waals surface area contributed by atoms with Crippen LogP contribution in [-0.2, 0) is 16.1 Å². The number of nitrogens with zero attached hydrogens (tertiary/aromatic N) is 6. The van der Waals surface area contributed by atoms with Crippen molar-refractivity contribution in [2.24, 2.45) is 0 Å². The summed E-state index contributed by atoms with van der Waals surface area (Å²) in [4.78, 5) is 25.3. The maximum Gasteiger partial charge on any atom is 0.414 e. The van der Waals surface area contributed by atoms with Gasteiger partial charge in [-0.05, 0) is 6.08 Å². The van der Waals surface area contributed by atoms with Crippen molar-refractivity contribution in [3.8, 4) is 6.07 Å². The first-order valence-corrected chi connectivity index (χ1v) is 8.81. The zero-order chi connectivity index (χ0) is 21.4. The highest BCUT2D eigenvalue weighted by molar-refractivity contribution is 5.92. The van der Waals surface area contributed by atoms with E-state index >= 15 is 0 Å². The molecule has 1 saturated heterocycles. The van der Waals surface area contributed by atoms with E-state index in [1.807, 2.05) is 0 Å². The number of ketones is 1. The Balaban J connectivity index is 1.58. The number of aromatic nitrogens is 3. The Bertz CT molecular complexity index is 1110. The zero-order valence-corrected chi connectivity index (χ0v) is 15.3. The van der Waals surface area contributed by atoms with E-state index in [0.29, 0.717) is 6.07 Å². The van der Waals surface area contributed by atoms with E-state index in [-0.39, 0.29) is 37.5 Å². The van der Waals surface area contributed by atoms with Crippen LogP contribution in [0.1, 0.15) is 12.1 Å². The number of halogens is 3. The number of anilines is 2. The molecule has 0 bridgehead atoms. The van der Waals surface area contributed by atoms with E-state index < -0.39 is 41.0 Å². The van der Waals surface area contributed by atoms with Crippen molar-refractivity contribution in [3.63, 3.8) is 0 Å². The molecule has 0 saturated carbocycles. The summed E-state index contributed by atoms with van der Waals surface area (Å²) in [5.74, 6) is -4.18. The number of cyclic esters (lactones) is 1. The number of hydrogen-bond donors (Lipinski definition) is 0. The maximum atomic E-state index is 14.7. The van der Waals surface area contributed by atoms with E-state index in [4.69, 9.17) is 10.00 Å². The van der Waals surface area contributed by atoms with Crippen molar-refractivity contribution in [2.45, 2.75) is 19.1 Å². The van der Waals surface area contributed by atoms with Gasteiger partial charge in [0.25, 0.3) is 0 Å². The third kappa shape index (κ3) is 3.45. The van der Waals surface area contributed by atoms with E-state index in [9.17, 15) is 22.8 Å². The molecule has 2 aliphatic heterocycles. The summed E-state index contributed by atoms with van der Waals surface area (Å²) in [6.07, 6.45) is 1.93. The molecule has 3 heterocycles. The topological polar surface area (TPSA) is 104 Å². The quantitative estimate of drug-likeness (QED) is 0.699. The van der Waals surface area contributed by atoms with E-state index in [1.165, 1.54) is 17.1 Å². The number of ether oxygens (including phenoxy) is 1. The van der Waals surface area contributed by atoms with Crippen LogP contribution in [0.25, 0.3) is 0 Å². The minimum atomic E-state index is -1.48. The molecular weight excluding hydrogens is 405 g/mol. The summed E-state index contributed by atoms with van der Waals surface area (Å²) in [7, 11) is 0. The molecule has 154 valence electrons. The molecule has 2 aliphatic rings. The number of benzene rings is 1. The lowest BCUT2D eigenvalue weighted by Gasteiger charge is -2.25. The third-order valence-electron chi connectivity index (χ3n) is 4.65. The number of nitriles is 1. The molecule has 1 aromatic carbocycles. The van der Waals surface area contributed by atoms with Gasteiger partial charge in [-0.25, -0.2) is 22.6 Å². The number of allylic oxidation sites excluding steroid dienone is 1. The van der Waals surface area contributed by atoms with Gasteiger partial charge in [0.1, 0.15) is 17.9 Å². The lowest BCUT2D eigenvalue weighted by Crippen LogP contribution is -2.29. The van der Waals surface area contributed by atoms with Crippen molar-refractivity contribution in [3.05, 3.63) is 47.7 Å². The van der Waals surface area contributed by atoms with Crippen LogP contribution in [0.4, 0.5) is 29.3 Å². The Kier molecular flexibility index (Phi) is 4.86. The van der Waals surface area contributed by atoms with Crippen LogP contribution in [0.5, 0.6) is 0 Å². The Morgan fingerprint density at radius 1 is 1.27 bits per heavy atom. The summed E-state index contributed by atoms with van der Waals surface area (Å²) in [6, 6.07) is 2.51. The van der Waals surface area contributed by atoms with Gasteiger partial charge in [-0.2, -0.15) is 5.26 Å². The first kappa shape index (κ1) is 19.4. The number of carbonyl (C=O) groups excluding carboxylic acids is 2. The summed E-state index contributed by atoms with van der Waals surface area (Å²) in [5.41, 5.74) is -1.18. The lowest BCUT2D eigenvalue weighted by atomic mass is 10.1. The second-order valence-corrected chi connectivity index (χ2v) is 6.63. The van der Waals surface area contributed by atoms with Crippen LogP contribution in [0.3, 0.4) is 0 Å². The molecule has 2 aromatic rings. The molecule has 1 aromatic heterocycles. The van der Waals surface area contributed by atoms with Gasteiger partial charge in [-0.1, -0.05) is 5.21 Å². The van der Waals surface area contributed by atoms with Gasteiger partial charge in [0.15, 0.2) is 28.9 Å². The molecule has 0 aliphatic carbocycles. The Labute approximate surface area is 167 Å². The van der Waals surface area contributed by atoms with E-state index in [1.54, 1.807) is 6.07 Å². The standard InChI is InChI=1S/C18H13F3N6O3/c19-13-5-14(15(20)16(21)17(13)25-3-1-11(28)2-4-25)27-9-12(30-18(27)29)8-26-7-10(6-22)23-24-26/h1,3,5,7,12H,2,4,8-9H2/t12-/m0/s1. The van der Waals surface area contributed by atoms with Crippen LogP contribution < -0.4 is 9.80 Å². The van der Waals surface area contributed by atoms with Crippen LogP contribution in [-0.4, -0.2) is 46.1 Å². The molecule has 0 unspecified atom stereocenters. The molecule has 1 atom stereocenters. The molecular formula is C18H13F3N6O3. The fourth-order valence-corrected chi connectivity index (χ4v) is 3.24. The molecule has 12 heteroatoms. The van der Waals surface area contributed by atoms with Crippen molar-refractivity contribution >= 4 is 23.3 Å². The highest BCUT2D eigenvalue weighted by atomic mass is 19.2. The predicted molar refractivity (Wildman–Crippen MR) is 94.8 cm³/mol. The molecule has 1 amide bonds. The largest absolute Gasteiger partial charge is 0.442 e. The van der Waals surface area contributed by atoms with Gasteiger partial charge in [-0.15, -0.1) is 5.10 Å². The summed E-state index contributed by atoms with van der Waals surface area (Å²) < 4.78 is 50.4. The summed E-state index contributed by atoms with van der Waals surface area (Å²) >= 11 is 0. The lowest BCUT2D eigenvalue weighted by molar-refractivity contribution is -0.114. The van der Waals surface area contributed by atoms with Crippen LogP contribution in [0.15, 0.2) is 24.5 Å². The van der Waals surface area contributed by atoms with Crippen LogP contribution >= 0.6 is 0 Å². The second-order valence-electron chi connectivity index (χ2n) is 6.63. The zero-order valence-electron chi connectivity index (χ0n) is 15.3. The van der Waals surface area contributed by atoms with Gasteiger partial charge in [-0.3, -0.25) is 9.69 Å². The Morgan fingerprint density at radius 3 is 2.73 bits per heavy atom. The molecule has 0 N–H and O–H groups in total. The predicted octanol–water partition coefficient (Wildman–Crippen LogP) is 1.89. The maximum absolute atomic E-state index is 14.7. The monoisotopic (exact) mass is 418 g/mol. The summed E-state index contributed by atoms with van der Waals surface area (Å²) in [6.45, 7) is -0.166. The second kappa shape index (κ2) is 7.51. The molecule has 0 radical (unpaired) electrons. The normalized spacial score (nSPS) is 18.7. The van der Waals surface area contributed by atoms with Gasteiger partial charge in [0.2, 0.25) is 0 Å². The summed E-state index contributed by atoms with van der Waals surface area (Å²) in [5, 5.41) is 16.0. The number of hydrogen-bond acceptors (Lipinski definition) is 7. The van der Waals surface area contributed by atoms with Gasteiger partial charge in [0, 0.05) is 25.2 Å². The number of amides is 1. The Hall–Kier alpha value is -3.88. The average Bonchev–Trinajstić information content (AvgIpc) is 3.32. The fourth-order valence-electron chi connectivity index (χ4n) is 3.24. The smallest absolute Gasteiger partial charge is 0.414 e. The minimum absolute atomic E-state index is 0.00161. The molecule has 4 rings (SSSR count). The molecule has 0 spiro atoms. The minimum Gasteiger partial charge on any atom is -0.442 e. The van der Waals surface area contributed by atoms with E-state index in [2.05, 4.69) is 10.3 Å². The highest BCUT2D eigenvalue weighted by Crippen LogP contribution is 2.35. The molecule has 9 nitrogen and oxygen atoms in total. The van der Waals surface area contributed by atoms with Crippen molar-refractivity contribution in [1.82, 2.24) is 15.0 Å². The number of carbonyl (C=O) groups is 2. The highest BCUT2D eigenvalue weighted by Gasteiger charge is 2.36. The van der Waals surface area contributed by atoms with Crippen molar-refractivity contribution in [1.29, 1.82) is 5.26 Å². The molecule has 1 fully saturated rings. The average molecular weight is 418 g/mol. The first-order valence-electron chi connectivity index (χ1n) is 8.81. The number of rotatable bonds is 4. The van der Waals surface area contributed by atoms with Gasteiger partial charge in [0.05, 0.1) is 25.0 Å². The van der Waals surface area contributed by atoms with Gasteiger partial charge >= 0.3 is 6.09 Å². The SMILES string of the molecule is N#Cc1cn(C[C@H]2CN(c3cc(F)c(N4C=CC(=O)CC4)c(F)c3F)C(=O)O2)nn1. The fraction of sp³-hybridized carbons (Fsp3) is 0.278.